The van der Waals surface area contributed by atoms with Gasteiger partial charge >= 0.3 is 0 Å². The Balaban J connectivity index is 1.60. The second-order valence-corrected chi connectivity index (χ2v) is 6.84. The first-order valence-electron chi connectivity index (χ1n) is 9.28. The molecule has 0 unspecified atom stereocenters. The second-order valence-electron chi connectivity index (χ2n) is 6.84. The fourth-order valence-corrected chi connectivity index (χ4v) is 3.78. The van der Waals surface area contributed by atoms with Gasteiger partial charge in [0.05, 0.1) is 0 Å². The second kappa shape index (κ2) is 6.93. The summed E-state index contributed by atoms with van der Waals surface area (Å²) in [6.45, 7) is 0.838. The number of hydrogen-bond acceptors (Lipinski definition) is 4. The number of hydrogen-bond donors (Lipinski definition) is 0. The lowest BCUT2D eigenvalue weighted by Crippen LogP contribution is -2.28. The highest BCUT2D eigenvalue weighted by Gasteiger charge is 2.32. The van der Waals surface area contributed by atoms with Crippen LogP contribution in [-0.4, -0.2) is 16.7 Å². The minimum Gasteiger partial charge on any atom is -0.418 e. The smallest absolute Gasteiger partial charge is 0.247 e. The van der Waals surface area contributed by atoms with Crippen LogP contribution in [0.1, 0.15) is 23.1 Å². The lowest BCUT2D eigenvalue weighted by Gasteiger charge is -2.28. The summed E-state index contributed by atoms with van der Waals surface area (Å²) < 4.78 is 19.6. The van der Waals surface area contributed by atoms with Gasteiger partial charge in [-0.1, -0.05) is 48.5 Å². The molecule has 1 aliphatic rings. The third-order valence-corrected chi connectivity index (χ3v) is 5.12. The lowest BCUT2D eigenvalue weighted by atomic mass is 10.0. The van der Waals surface area contributed by atoms with Crippen molar-refractivity contribution < 1.29 is 8.81 Å². The molecular formula is C23H18FN3O. The van der Waals surface area contributed by atoms with E-state index in [1.807, 2.05) is 36.4 Å². The van der Waals surface area contributed by atoms with Gasteiger partial charge in [-0.2, -0.15) is 0 Å². The highest BCUT2D eigenvalue weighted by Crippen LogP contribution is 2.38. The fourth-order valence-electron chi connectivity index (χ4n) is 3.78. The van der Waals surface area contributed by atoms with E-state index in [9.17, 15) is 4.39 Å². The summed E-state index contributed by atoms with van der Waals surface area (Å²) in [5.74, 6) is 0.720. The standard InChI is InChI=1S/C23H18FN3O/c24-19-12-10-17(11-13-19)21(27-15-14-16-6-4-5-9-20(16)27)23-26-25-22(28-23)18-7-2-1-3-8-18/h1-13,21H,14-15H2/t21-/m0/s1. The van der Waals surface area contributed by atoms with Crippen molar-refractivity contribution in [1.82, 2.24) is 10.2 Å². The van der Waals surface area contributed by atoms with E-state index in [2.05, 4.69) is 33.3 Å². The first kappa shape index (κ1) is 16.7. The maximum atomic E-state index is 13.5. The molecule has 0 aliphatic carbocycles. The van der Waals surface area contributed by atoms with Crippen molar-refractivity contribution in [3.8, 4) is 11.5 Å². The van der Waals surface area contributed by atoms with Crippen molar-refractivity contribution in [3.05, 3.63) is 102 Å². The maximum absolute atomic E-state index is 13.5. The average molecular weight is 371 g/mol. The molecular weight excluding hydrogens is 353 g/mol. The number of benzene rings is 3. The average Bonchev–Trinajstić information content (AvgIpc) is 3.39. The largest absolute Gasteiger partial charge is 0.418 e. The van der Waals surface area contributed by atoms with Gasteiger partial charge in [-0.05, 0) is 47.9 Å². The molecule has 4 aromatic rings. The van der Waals surface area contributed by atoms with E-state index in [0.29, 0.717) is 11.8 Å². The molecule has 4 nitrogen and oxygen atoms in total. The zero-order chi connectivity index (χ0) is 18.9. The van der Waals surface area contributed by atoms with Crippen molar-refractivity contribution in [3.63, 3.8) is 0 Å². The SMILES string of the molecule is Fc1ccc([C@@H](c2nnc(-c3ccccc3)o2)N2CCc3ccccc32)cc1. The molecule has 0 fully saturated rings. The van der Waals surface area contributed by atoms with E-state index in [1.165, 1.54) is 17.7 Å². The normalized spacial score (nSPS) is 14.1. The Morgan fingerprint density at radius 2 is 1.61 bits per heavy atom. The molecule has 1 aromatic heterocycles. The van der Waals surface area contributed by atoms with Crippen molar-refractivity contribution >= 4 is 5.69 Å². The molecule has 3 aromatic carbocycles. The van der Waals surface area contributed by atoms with Gasteiger partial charge in [-0.15, -0.1) is 10.2 Å². The van der Waals surface area contributed by atoms with Crippen LogP contribution < -0.4 is 4.90 Å². The zero-order valence-electron chi connectivity index (χ0n) is 15.1. The Bertz CT molecular complexity index is 1090. The molecule has 0 bridgehead atoms. The first-order valence-corrected chi connectivity index (χ1v) is 9.28. The van der Waals surface area contributed by atoms with E-state index in [1.54, 1.807) is 12.1 Å². The van der Waals surface area contributed by atoms with Gasteiger partial charge < -0.3 is 9.32 Å². The number of para-hydroxylation sites is 1. The highest BCUT2D eigenvalue weighted by molar-refractivity contribution is 5.61. The van der Waals surface area contributed by atoms with Gasteiger partial charge in [0.1, 0.15) is 11.9 Å². The number of rotatable bonds is 4. The summed E-state index contributed by atoms with van der Waals surface area (Å²) in [6.07, 6.45) is 0.952. The summed E-state index contributed by atoms with van der Waals surface area (Å²) in [5.41, 5.74) is 4.23. The van der Waals surface area contributed by atoms with Crippen LogP contribution in [0, 0.1) is 5.82 Å². The van der Waals surface area contributed by atoms with E-state index >= 15 is 0 Å². The van der Waals surface area contributed by atoms with Crippen molar-refractivity contribution in [2.75, 3.05) is 11.4 Å². The molecule has 1 aliphatic heterocycles. The van der Waals surface area contributed by atoms with Crippen LogP contribution in [-0.2, 0) is 6.42 Å². The van der Waals surface area contributed by atoms with E-state index < -0.39 is 0 Å². The van der Waals surface area contributed by atoms with Crippen molar-refractivity contribution in [2.45, 2.75) is 12.5 Å². The quantitative estimate of drug-likeness (QED) is 0.505. The molecule has 2 heterocycles. The molecule has 5 heteroatoms. The van der Waals surface area contributed by atoms with Crippen LogP contribution in [0.15, 0.2) is 83.3 Å². The Kier molecular flexibility index (Phi) is 4.13. The molecule has 0 radical (unpaired) electrons. The summed E-state index contributed by atoms with van der Waals surface area (Å²) in [4.78, 5) is 2.25. The third-order valence-electron chi connectivity index (χ3n) is 5.12. The molecule has 0 saturated heterocycles. The lowest BCUT2D eigenvalue weighted by molar-refractivity contribution is 0.471. The first-order chi connectivity index (χ1) is 13.8. The zero-order valence-corrected chi connectivity index (χ0v) is 15.1. The van der Waals surface area contributed by atoms with Gasteiger partial charge in [0.15, 0.2) is 0 Å². The predicted molar refractivity (Wildman–Crippen MR) is 105 cm³/mol. The Hall–Kier alpha value is -3.47. The van der Waals surface area contributed by atoms with Gasteiger partial charge in [-0.25, -0.2) is 4.39 Å². The topological polar surface area (TPSA) is 42.2 Å². The van der Waals surface area contributed by atoms with Crippen LogP contribution in [0.2, 0.25) is 0 Å². The number of fused-ring (bicyclic) bond motifs is 1. The number of aromatic nitrogens is 2. The van der Waals surface area contributed by atoms with Crippen LogP contribution in [0.5, 0.6) is 0 Å². The van der Waals surface area contributed by atoms with Crippen LogP contribution >= 0.6 is 0 Å². The third kappa shape index (κ3) is 2.95. The summed E-state index contributed by atoms with van der Waals surface area (Å²) >= 11 is 0. The molecule has 1 atom stereocenters. The molecule has 0 amide bonds. The number of nitrogens with zero attached hydrogens (tertiary/aromatic N) is 3. The van der Waals surface area contributed by atoms with Crippen LogP contribution in [0.4, 0.5) is 10.1 Å². The van der Waals surface area contributed by atoms with E-state index in [4.69, 9.17) is 4.42 Å². The maximum Gasteiger partial charge on any atom is 0.247 e. The summed E-state index contributed by atoms with van der Waals surface area (Å²) in [6, 6.07) is 24.3. The minimum atomic E-state index is -0.269. The van der Waals surface area contributed by atoms with Crippen molar-refractivity contribution in [2.24, 2.45) is 0 Å². The minimum absolute atomic E-state index is 0.264. The molecule has 28 heavy (non-hydrogen) atoms. The van der Waals surface area contributed by atoms with Crippen LogP contribution in [0.25, 0.3) is 11.5 Å². The molecule has 0 spiro atoms. The Morgan fingerprint density at radius 3 is 2.43 bits per heavy atom. The summed E-state index contributed by atoms with van der Waals surface area (Å²) in [5, 5.41) is 8.62. The predicted octanol–water partition coefficient (Wildman–Crippen LogP) is 5.03. The van der Waals surface area contributed by atoms with Crippen molar-refractivity contribution in [1.29, 1.82) is 0 Å². The molecule has 0 saturated carbocycles. The van der Waals surface area contributed by atoms with Gasteiger partial charge in [0.2, 0.25) is 11.8 Å². The van der Waals surface area contributed by atoms with Crippen LogP contribution in [0.3, 0.4) is 0 Å². The molecule has 0 N–H and O–H groups in total. The summed E-state index contributed by atoms with van der Waals surface area (Å²) in [7, 11) is 0. The van der Waals surface area contributed by atoms with Gasteiger partial charge in [0, 0.05) is 17.8 Å². The number of anilines is 1. The molecule has 138 valence electrons. The Labute approximate surface area is 162 Å². The van der Waals surface area contributed by atoms with Gasteiger partial charge in [-0.3, -0.25) is 0 Å². The Morgan fingerprint density at radius 1 is 0.857 bits per heavy atom. The fraction of sp³-hybridized carbons (Fsp3) is 0.130. The highest BCUT2D eigenvalue weighted by atomic mass is 19.1. The van der Waals surface area contributed by atoms with E-state index in [-0.39, 0.29) is 11.9 Å². The monoisotopic (exact) mass is 371 g/mol. The van der Waals surface area contributed by atoms with Gasteiger partial charge in [0.25, 0.3) is 0 Å². The molecule has 5 rings (SSSR count). The number of halogens is 1. The van der Waals surface area contributed by atoms with E-state index in [0.717, 1.165) is 29.8 Å².